The zero-order chi connectivity index (χ0) is 29.0. The number of methoxy groups -OCH3 is 1. The largest absolute Gasteiger partial charge is 0.493 e. The number of fused-ring (bicyclic) bond motifs is 1. The molecule has 1 aliphatic heterocycles. The quantitative estimate of drug-likeness (QED) is 0.331. The molecule has 0 saturated carbocycles. The highest BCUT2D eigenvalue weighted by Crippen LogP contribution is 2.30. The summed E-state index contributed by atoms with van der Waals surface area (Å²) < 4.78 is 60.0. The van der Waals surface area contributed by atoms with Gasteiger partial charge in [-0.25, -0.2) is 18.0 Å². The number of likely N-dealkylation sites (tertiary alicyclic amines) is 1. The monoisotopic (exact) mass is 563 g/mol. The Morgan fingerprint density at radius 2 is 1.70 bits per heavy atom. The summed E-state index contributed by atoms with van der Waals surface area (Å²) in [6.45, 7) is 1.99. The molecule has 0 spiro atoms. The fourth-order valence-electron chi connectivity index (χ4n) is 4.84. The van der Waals surface area contributed by atoms with Gasteiger partial charge in [0, 0.05) is 25.2 Å². The summed E-state index contributed by atoms with van der Waals surface area (Å²) in [5, 5.41) is -0.0444. The molecule has 1 aliphatic rings. The van der Waals surface area contributed by atoms with E-state index in [2.05, 4.69) is 0 Å². The Morgan fingerprint density at radius 3 is 2.30 bits per heavy atom. The van der Waals surface area contributed by atoms with E-state index in [4.69, 9.17) is 14.2 Å². The lowest BCUT2D eigenvalue weighted by atomic mass is 10.0. The van der Waals surface area contributed by atoms with Gasteiger partial charge in [0.15, 0.2) is 29.2 Å². The molecule has 1 amide bonds. The number of alkyl halides is 2. The number of halogens is 3. The second kappa shape index (κ2) is 12.5. The maximum atomic E-state index is 15.1. The summed E-state index contributed by atoms with van der Waals surface area (Å²) in [6, 6.07) is 6.69. The van der Waals surface area contributed by atoms with Crippen LogP contribution in [-0.4, -0.2) is 66.2 Å². The molecule has 12 heteroatoms. The standard InChI is InChI=1S/C28H32F3N3O6/c1-17(2)39-24-5-4-18(10-26(24)38-3)15-33-27(36)21-11-25(40-20(13-29)14-30)22(31)12-23(21)34(28(33)37)19-6-8-32(16-35)9-7-19/h4-5,10-12,16-17,19-20H,6-9,13-15H2,1-3H3. The highest BCUT2D eigenvalue weighted by Gasteiger charge is 2.26. The van der Waals surface area contributed by atoms with E-state index in [0.717, 1.165) is 23.1 Å². The number of carbonyl (C=O) groups is 1. The van der Waals surface area contributed by atoms with Crippen molar-refractivity contribution in [1.29, 1.82) is 0 Å². The Morgan fingerprint density at radius 1 is 1.00 bits per heavy atom. The van der Waals surface area contributed by atoms with Crippen LogP contribution in [0.3, 0.4) is 0 Å². The van der Waals surface area contributed by atoms with Crippen LogP contribution >= 0.6 is 0 Å². The Labute approximate surface area is 228 Å². The first-order valence-corrected chi connectivity index (χ1v) is 13.0. The summed E-state index contributed by atoms with van der Waals surface area (Å²) >= 11 is 0. The first kappa shape index (κ1) is 29.0. The molecule has 0 bridgehead atoms. The third-order valence-corrected chi connectivity index (χ3v) is 6.80. The van der Waals surface area contributed by atoms with Gasteiger partial charge < -0.3 is 19.1 Å². The molecule has 0 N–H and O–H groups in total. The molecule has 0 radical (unpaired) electrons. The SMILES string of the molecule is COc1cc(Cn2c(=O)c3cc(OC(CF)CF)c(F)cc3n(C3CCN(C=O)CC3)c2=O)ccc1OC(C)C. The van der Waals surface area contributed by atoms with Gasteiger partial charge in [0.2, 0.25) is 6.41 Å². The smallest absolute Gasteiger partial charge is 0.332 e. The van der Waals surface area contributed by atoms with Crippen molar-refractivity contribution in [3.05, 3.63) is 62.6 Å². The minimum Gasteiger partial charge on any atom is -0.493 e. The normalized spacial score (nSPS) is 14.2. The van der Waals surface area contributed by atoms with Gasteiger partial charge in [-0.15, -0.1) is 0 Å². The van der Waals surface area contributed by atoms with Gasteiger partial charge in [-0.1, -0.05) is 6.07 Å². The van der Waals surface area contributed by atoms with Crippen LogP contribution in [0.4, 0.5) is 13.2 Å². The lowest BCUT2D eigenvalue weighted by Gasteiger charge is -2.31. The molecule has 1 aromatic heterocycles. The Kier molecular flexibility index (Phi) is 9.06. The summed E-state index contributed by atoms with van der Waals surface area (Å²) in [7, 11) is 1.48. The van der Waals surface area contributed by atoms with Gasteiger partial charge in [0.1, 0.15) is 13.3 Å². The first-order chi connectivity index (χ1) is 19.2. The van der Waals surface area contributed by atoms with Gasteiger partial charge >= 0.3 is 5.69 Å². The van der Waals surface area contributed by atoms with Gasteiger partial charge in [-0.05, 0) is 50.5 Å². The van der Waals surface area contributed by atoms with Crippen molar-refractivity contribution in [2.75, 3.05) is 33.5 Å². The molecule has 0 atom stereocenters. The minimum atomic E-state index is -1.54. The molecular formula is C28H32F3N3O6. The number of nitrogens with zero attached hydrogens (tertiary/aromatic N) is 3. The van der Waals surface area contributed by atoms with Gasteiger partial charge in [0.25, 0.3) is 5.56 Å². The summed E-state index contributed by atoms with van der Waals surface area (Å²) in [6.07, 6.45) is -0.0917. The molecule has 3 aromatic rings. The minimum absolute atomic E-state index is 0.0379. The predicted molar refractivity (Wildman–Crippen MR) is 143 cm³/mol. The molecule has 4 rings (SSSR count). The molecular weight excluding hydrogens is 531 g/mol. The Hall–Kier alpha value is -3.96. The number of rotatable bonds is 11. The lowest BCUT2D eigenvalue weighted by molar-refractivity contribution is -0.119. The molecule has 1 fully saturated rings. The van der Waals surface area contributed by atoms with Crippen molar-refractivity contribution >= 4 is 17.3 Å². The van der Waals surface area contributed by atoms with Crippen molar-refractivity contribution in [3.63, 3.8) is 0 Å². The number of benzene rings is 2. The Bertz CT molecular complexity index is 1480. The Balaban J connectivity index is 1.87. The summed E-state index contributed by atoms with van der Waals surface area (Å²) in [4.78, 5) is 40.3. The van der Waals surface area contributed by atoms with Crippen molar-refractivity contribution in [3.8, 4) is 17.2 Å². The number of aromatic nitrogens is 2. The zero-order valence-electron chi connectivity index (χ0n) is 22.6. The van der Waals surface area contributed by atoms with E-state index in [1.807, 2.05) is 13.8 Å². The average molecular weight is 564 g/mol. The fraction of sp³-hybridized carbons (Fsp3) is 0.464. The maximum Gasteiger partial charge on any atom is 0.332 e. The second-order valence-corrected chi connectivity index (χ2v) is 9.92. The van der Waals surface area contributed by atoms with Crippen LogP contribution in [0.5, 0.6) is 17.2 Å². The molecule has 1 saturated heterocycles. The zero-order valence-corrected chi connectivity index (χ0v) is 22.6. The molecule has 2 heterocycles. The van der Waals surface area contributed by atoms with Crippen LogP contribution in [-0.2, 0) is 11.3 Å². The average Bonchev–Trinajstić information content (AvgIpc) is 2.95. The predicted octanol–water partition coefficient (Wildman–Crippen LogP) is 3.63. The van der Waals surface area contributed by atoms with Gasteiger partial charge in [-0.3, -0.25) is 18.7 Å². The van der Waals surface area contributed by atoms with Crippen LogP contribution in [0.15, 0.2) is 39.9 Å². The molecule has 0 unspecified atom stereocenters. The van der Waals surface area contributed by atoms with E-state index in [0.29, 0.717) is 43.0 Å². The third kappa shape index (κ3) is 5.95. The molecule has 0 aliphatic carbocycles. The van der Waals surface area contributed by atoms with Crippen molar-refractivity contribution in [2.24, 2.45) is 0 Å². The van der Waals surface area contributed by atoms with Crippen molar-refractivity contribution < 1.29 is 32.2 Å². The summed E-state index contributed by atoms with van der Waals surface area (Å²) in [5.74, 6) is -0.531. The maximum absolute atomic E-state index is 15.1. The fourth-order valence-corrected chi connectivity index (χ4v) is 4.84. The van der Waals surface area contributed by atoms with E-state index in [9.17, 15) is 23.2 Å². The van der Waals surface area contributed by atoms with Crippen molar-refractivity contribution in [2.45, 2.75) is 51.5 Å². The first-order valence-electron chi connectivity index (χ1n) is 13.0. The third-order valence-electron chi connectivity index (χ3n) is 6.80. The van der Waals surface area contributed by atoms with Crippen LogP contribution in [0.2, 0.25) is 0 Å². The number of ether oxygens (including phenoxy) is 3. The molecule has 216 valence electrons. The van der Waals surface area contributed by atoms with Crippen LogP contribution in [0.1, 0.15) is 38.3 Å². The molecule has 40 heavy (non-hydrogen) atoms. The van der Waals surface area contributed by atoms with Crippen molar-refractivity contribution in [1.82, 2.24) is 14.0 Å². The van der Waals surface area contributed by atoms with Crippen LogP contribution in [0.25, 0.3) is 10.9 Å². The highest BCUT2D eigenvalue weighted by molar-refractivity contribution is 5.80. The van der Waals surface area contributed by atoms with E-state index >= 15 is 4.39 Å². The van der Waals surface area contributed by atoms with E-state index in [1.54, 1.807) is 23.1 Å². The number of carbonyl (C=O) groups excluding carboxylic acids is 1. The van der Waals surface area contributed by atoms with Crippen LogP contribution in [0, 0.1) is 5.82 Å². The number of hydrogen-bond donors (Lipinski definition) is 0. The van der Waals surface area contributed by atoms with Crippen LogP contribution < -0.4 is 25.5 Å². The summed E-state index contributed by atoms with van der Waals surface area (Å²) in [5.41, 5.74) is -0.759. The van der Waals surface area contributed by atoms with Gasteiger partial charge in [-0.2, -0.15) is 0 Å². The molecule has 9 nitrogen and oxygen atoms in total. The number of hydrogen-bond acceptors (Lipinski definition) is 6. The number of piperidine rings is 1. The van der Waals surface area contributed by atoms with E-state index in [-0.39, 0.29) is 23.6 Å². The molecule has 2 aromatic carbocycles. The number of amides is 1. The topological polar surface area (TPSA) is 92.0 Å². The van der Waals surface area contributed by atoms with E-state index < -0.39 is 48.3 Å². The highest BCUT2D eigenvalue weighted by atomic mass is 19.1. The van der Waals surface area contributed by atoms with E-state index in [1.165, 1.54) is 11.7 Å². The second-order valence-electron chi connectivity index (χ2n) is 9.92. The van der Waals surface area contributed by atoms with Gasteiger partial charge in [0.05, 0.1) is 30.7 Å². The lowest BCUT2D eigenvalue weighted by Crippen LogP contribution is -2.44.